The highest BCUT2D eigenvalue weighted by Gasteiger charge is 2.32. The average Bonchev–Trinajstić information content (AvgIpc) is 2.16. The zero-order chi connectivity index (χ0) is 10.8. The Morgan fingerprint density at radius 2 is 1.87 bits per heavy atom. The lowest BCUT2D eigenvalue weighted by molar-refractivity contribution is -0.137. The molecule has 2 bridgehead atoms. The van der Waals surface area contributed by atoms with Gasteiger partial charge in [-0.05, 0) is 12.8 Å². The minimum Gasteiger partial charge on any atom is -0.369 e. The van der Waals surface area contributed by atoms with Crippen molar-refractivity contribution < 1.29 is 9.59 Å². The number of nitrogens with zero attached hydrogens (tertiary/aromatic N) is 1. The lowest BCUT2D eigenvalue weighted by Gasteiger charge is -2.42. The predicted octanol–water partition coefficient (Wildman–Crippen LogP) is -0.785. The number of primary amides is 1. The van der Waals surface area contributed by atoms with Gasteiger partial charge >= 0.3 is 0 Å². The van der Waals surface area contributed by atoms with Crippen LogP contribution in [0.2, 0.25) is 0 Å². The van der Waals surface area contributed by atoms with Crippen molar-refractivity contribution in [2.75, 3.05) is 13.1 Å². The van der Waals surface area contributed by atoms with Crippen molar-refractivity contribution in [1.82, 2.24) is 10.2 Å². The van der Waals surface area contributed by atoms with Crippen LogP contribution in [0.4, 0.5) is 0 Å². The third kappa shape index (κ3) is 2.47. The highest BCUT2D eigenvalue weighted by atomic mass is 16.2. The van der Waals surface area contributed by atoms with Gasteiger partial charge in [-0.3, -0.25) is 9.59 Å². The fraction of sp³-hybridized carbons (Fsp3) is 0.800. The monoisotopic (exact) mass is 211 g/mol. The second-order valence-electron chi connectivity index (χ2n) is 4.43. The fourth-order valence-electron chi connectivity index (χ4n) is 2.47. The number of piperidine rings is 1. The zero-order valence-corrected chi connectivity index (χ0v) is 8.74. The standard InChI is InChI=1S/C10H17N3O2/c11-9(14)4-10(15)13-5-7-2-1-3-8(6-13)12-7/h7-8,12H,1-6H2,(H2,11,14). The summed E-state index contributed by atoms with van der Waals surface area (Å²) >= 11 is 0. The van der Waals surface area contributed by atoms with E-state index >= 15 is 0 Å². The van der Waals surface area contributed by atoms with E-state index in [1.807, 2.05) is 0 Å². The Bertz CT molecular complexity index is 268. The van der Waals surface area contributed by atoms with Crippen LogP contribution in [0.1, 0.15) is 25.7 Å². The van der Waals surface area contributed by atoms with Gasteiger partial charge in [0.15, 0.2) is 0 Å². The molecule has 2 rings (SSSR count). The number of carbonyl (C=O) groups is 2. The van der Waals surface area contributed by atoms with Gasteiger partial charge in [0.25, 0.3) is 0 Å². The Morgan fingerprint density at radius 3 is 2.40 bits per heavy atom. The summed E-state index contributed by atoms with van der Waals surface area (Å²) in [5.74, 6) is -0.662. The normalized spacial score (nSPS) is 30.0. The number of fused-ring (bicyclic) bond motifs is 2. The first-order valence-corrected chi connectivity index (χ1v) is 5.47. The smallest absolute Gasteiger partial charge is 0.232 e. The van der Waals surface area contributed by atoms with Crippen LogP contribution >= 0.6 is 0 Å². The van der Waals surface area contributed by atoms with Gasteiger partial charge in [-0.1, -0.05) is 6.42 Å². The molecule has 0 aromatic rings. The van der Waals surface area contributed by atoms with E-state index in [9.17, 15) is 9.59 Å². The molecule has 15 heavy (non-hydrogen) atoms. The lowest BCUT2D eigenvalue weighted by atomic mass is 9.94. The third-order valence-electron chi connectivity index (χ3n) is 3.14. The van der Waals surface area contributed by atoms with Crippen molar-refractivity contribution in [3.63, 3.8) is 0 Å². The summed E-state index contributed by atoms with van der Waals surface area (Å²) < 4.78 is 0. The summed E-state index contributed by atoms with van der Waals surface area (Å²) in [6.07, 6.45) is 3.33. The van der Waals surface area contributed by atoms with E-state index in [1.54, 1.807) is 4.90 Å². The molecule has 5 heteroatoms. The van der Waals surface area contributed by atoms with Crippen LogP contribution in [0.3, 0.4) is 0 Å². The molecule has 2 saturated heterocycles. The Balaban J connectivity index is 1.93. The predicted molar refractivity (Wildman–Crippen MR) is 55.0 cm³/mol. The molecule has 0 spiro atoms. The topological polar surface area (TPSA) is 75.4 Å². The van der Waals surface area contributed by atoms with Crippen molar-refractivity contribution in [3.05, 3.63) is 0 Å². The number of piperazine rings is 1. The number of nitrogens with one attached hydrogen (secondary N) is 1. The highest BCUT2D eigenvalue weighted by Crippen LogP contribution is 2.19. The summed E-state index contributed by atoms with van der Waals surface area (Å²) in [5, 5.41) is 3.48. The molecule has 2 fully saturated rings. The minimum absolute atomic E-state index is 0.124. The summed E-state index contributed by atoms with van der Waals surface area (Å²) in [4.78, 5) is 24.1. The number of carbonyl (C=O) groups excluding carboxylic acids is 2. The summed E-state index contributed by atoms with van der Waals surface area (Å²) in [6, 6.07) is 0.823. The number of amides is 2. The minimum atomic E-state index is -0.538. The van der Waals surface area contributed by atoms with Gasteiger partial charge in [0.2, 0.25) is 11.8 Å². The van der Waals surface area contributed by atoms with Crippen molar-refractivity contribution in [2.24, 2.45) is 5.73 Å². The lowest BCUT2D eigenvalue weighted by Crippen LogP contribution is -2.60. The first-order chi connectivity index (χ1) is 7.15. The fourth-order valence-corrected chi connectivity index (χ4v) is 2.47. The molecule has 5 nitrogen and oxygen atoms in total. The van der Waals surface area contributed by atoms with Gasteiger partial charge in [-0.15, -0.1) is 0 Å². The largest absolute Gasteiger partial charge is 0.369 e. The molecule has 2 amide bonds. The summed E-state index contributed by atoms with van der Waals surface area (Å²) in [6.45, 7) is 1.45. The number of nitrogens with two attached hydrogens (primary N) is 1. The van der Waals surface area contributed by atoms with Gasteiger partial charge < -0.3 is 16.0 Å². The van der Waals surface area contributed by atoms with Gasteiger partial charge in [0.05, 0.1) is 0 Å². The second kappa shape index (κ2) is 4.18. The number of likely N-dealkylation sites (tertiary alicyclic amines) is 1. The molecule has 2 aliphatic rings. The molecule has 0 aliphatic carbocycles. The molecule has 0 aromatic heterocycles. The van der Waals surface area contributed by atoms with E-state index < -0.39 is 5.91 Å². The third-order valence-corrected chi connectivity index (χ3v) is 3.14. The molecule has 2 atom stereocenters. The van der Waals surface area contributed by atoms with Gasteiger partial charge in [0.1, 0.15) is 6.42 Å². The Labute approximate surface area is 89.0 Å². The SMILES string of the molecule is NC(=O)CC(=O)N1CC2CCCC(C1)N2. The van der Waals surface area contributed by atoms with Crippen LogP contribution in [0, 0.1) is 0 Å². The summed E-state index contributed by atoms with van der Waals surface area (Å²) in [5.41, 5.74) is 5.01. The van der Waals surface area contributed by atoms with Crippen LogP contribution < -0.4 is 11.1 Å². The maximum absolute atomic E-state index is 11.6. The van der Waals surface area contributed by atoms with Crippen molar-refractivity contribution >= 4 is 11.8 Å². The zero-order valence-electron chi connectivity index (χ0n) is 8.74. The first kappa shape index (κ1) is 10.4. The van der Waals surface area contributed by atoms with E-state index in [2.05, 4.69) is 5.32 Å². The maximum Gasteiger partial charge on any atom is 0.232 e. The van der Waals surface area contributed by atoms with Gasteiger partial charge in [-0.25, -0.2) is 0 Å². The van der Waals surface area contributed by atoms with Gasteiger partial charge in [0, 0.05) is 25.2 Å². The molecule has 3 N–H and O–H groups in total. The van der Waals surface area contributed by atoms with E-state index in [-0.39, 0.29) is 12.3 Å². The number of hydrogen-bond donors (Lipinski definition) is 2. The Hall–Kier alpha value is -1.10. The van der Waals surface area contributed by atoms with E-state index in [4.69, 9.17) is 5.73 Å². The molecule has 2 unspecified atom stereocenters. The molecule has 2 aliphatic heterocycles. The molecule has 84 valence electrons. The average molecular weight is 211 g/mol. The number of rotatable bonds is 2. The molecule has 0 aromatic carbocycles. The van der Waals surface area contributed by atoms with Crippen LogP contribution in [0.5, 0.6) is 0 Å². The van der Waals surface area contributed by atoms with E-state index in [1.165, 1.54) is 6.42 Å². The molecular weight excluding hydrogens is 194 g/mol. The summed E-state index contributed by atoms with van der Waals surface area (Å²) in [7, 11) is 0. The van der Waals surface area contributed by atoms with E-state index in [0.29, 0.717) is 12.1 Å². The second-order valence-corrected chi connectivity index (χ2v) is 4.43. The molecule has 0 saturated carbocycles. The van der Waals surface area contributed by atoms with Gasteiger partial charge in [-0.2, -0.15) is 0 Å². The van der Waals surface area contributed by atoms with Crippen LogP contribution in [0.25, 0.3) is 0 Å². The van der Waals surface area contributed by atoms with Crippen LogP contribution in [0.15, 0.2) is 0 Å². The molecule has 0 radical (unpaired) electrons. The van der Waals surface area contributed by atoms with E-state index in [0.717, 1.165) is 25.9 Å². The quantitative estimate of drug-likeness (QED) is 0.588. The number of hydrogen-bond acceptors (Lipinski definition) is 3. The Morgan fingerprint density at radius 1 is 1.27 bits per heavy atom. The molecular formula is C10H17N3O2. The maximum atomic E-state index is 11.6. The van der Waals surface area contributed by atoms with Crippen molar-refractivity contribution in [3.8, 4) is 0 Å². The van der Waals surface area contributed by atoms with Crippen molar-refractivity contribution in [1.29, 1.82) is 0 Å². The van der Waals surface area contributed by atoms with Crippen LogP contribution in [-0.2, 0) is 9.59 Å². The first-order valence-electron chi connectivity index (χ1n) is 5.47. The molecule has 2 heterocycles. The van der Waals surface area contributed by atoms with Crippen LogP contribution in [-0.4, -0.2) is 41.9 Å². The van der Waals surface area contributed by atoms with Crippen molar-refractivity contribution in [2.45, 2.75) is 37.8 Å². The highest BCUT2D eigenvalue weighted by molar-refractivity contribution is 5.96. The Kier molecular flexibility index (Phi) is 2.90.